The summed E-state index contributed by atoms with van der Waals surface area (Å²) in [5.74, 6) is 1.07. The molecule has 0 unspecified atom stereocenters. The first-order valence-corrected chi connectivity index (χ1v) is 7.62. The van der Waals surface area contributed by atoms with Gasteiger partial charge in [-0.2, -0.15) is 0 Å². The number of benzene rings is 1. The molecular formula is C17H29NO. The molecule has 19 heavy (non-hydrogen) atoms. The lowest BCUT2D eigenvalue weighted by atomic mass is 10.0. The van der Waals surface area contributed by atoms with Gasteiger partial charge in [0, 0.05) is 0 Å². The van der Waals surface area contributed by atoms with Gasteiger partial charge in [0.05, 0.1) is 6.61 Å². The number of hydrogen-bond donors (Lipinski definition) is 1. The van der Waals surface area contributed by atoms with Gasteiger partial charge < -0.3 is 10.5 Å². The third kappa shape index (κ3) is 5.65. The molecule has 1 rings (SSSR count). The van der Waals surface area contributed by atoms with Crippen LogP contribution in [0, 0.1) is 13.8 Å². The van der Waals surface area contributed by atoms with Crippen molar-refractivity contribution >= 4 is 0 Å². The zero-order chi connectivity index (χ0) is 14.1. The Hall–Kier alpha value is -1.02. The maximum Gasteiger partial charge on any atom is 0.125 e. The van der Waals surface area contributed by atoms with Gasteiger partial charge in [-0.3, -0.25) is 0 Å². The average molecular weight is 263 g/mol. The van der Waals surface area contributed by atoms with Crippen molar-refractivity contribution in [2.45, 2.75) is 59.3 Å². The monoisotopic (exact) mass is 263 g/mol. The Balaban J connectivity index is 2.45. The van der Waals surface area contributed by atoms with E-state index in [4.69, 9.17) is 10.5 Å². The highest BCUT2D eigenvalue weighted by Gasteiger charge is 2.06. The van der Waals surface area contributed by atoms with Crippen LogP contribution in [0.5, 0.6) is 5.75 Å². The van der Waals surface area contributed by atoms with Crippen LogP contribution in [0.4, 0.5) is 0 Å². The van der Waals surface area contributed by atoms with E-state index in [0.29, 0.717) is 6.54 Å². The number of nitrogens with two attached hydrogens (primary N) is 1. The summed E-state index contributed by atoms with van der Waals surface area (Å²) in [4.78, 5) is 0. The van der Waals surface area contributed by atoms with E-state index >= 15 is 0 Å². The van der Waals surface area contributed by atoms with E-state index in [1.165, 1.54) is 42.4 Å². The molecule has 1 aromatic rings. The first kappa shape index (κ1) is 16.0. The Morgan fingerprint density at radius 2 is 1.63 bits per heavy atom. The lowest BCUT2D eigenvalue weighted by molar-refractivity contribution is 0.300. The van der Waals surface area contributed by atoms with Crippen LogP contribution in [-0.2, 0) is 6.42 Å². The van der Waals surface area contributed by atoms with Crippen LogP contribution < -0.4 is 10.5 Å². The van der Waals surface area contributed by atoms with Crippen molar-refractivity contribution in [3.8, 4) is 5.75 Å². The van der Waals surface area contributed by atoms with Crippen LogP contribution in [0.25, 0.3) is 0 Å². The van der Waals surface area contributed by atoms with E-state index < -0.39 is 0 Å². The van der Waals surface area contributed by atoms with Gasteiger partial charge in [-0.1, -0.05) is 44.7 Å². The molecule has 0 radical (unpaired) electrons. The Bertz CT molecular complexity index is 351. The van der Waals surface area contributed by atoms with Gasteiger partial charge in [0.1, 0.15) is 5.75 Å². The summed E-state index contributed by atoms with van der Waals surface area (Å²) in [7, 11) is 0. The average Bonchev–Trinajstić information content (AvgIpc) is 2.36. The highest BCUT2D eigenvalue weighted by atomic mass is 16.5. The van der Waals surface area contributed by atoms with Crippen LogP contribution in [0.3, 0.4) is 0 Å². The molecule has 2 nitrogen and oxygen atoms in total. The lowest BCUT2D eigenvalue weighted by Gasteiger charge is -2.14. The van der Waals surface area contributed by atoms with E-state index in [1.54, 1.807) is 0 Å². The summed E-state index contributed by atoms with van der Waals surface area (Å²) >= 11 is 0. The standard InChI is InChI=1S/C17H29NO/c1-4-5-6-7-8-11-19-17-14(2)12-16(9-10-18)13-15(17)3/h12-13H,4-11,18H2,1-3H3. The quantitative estimate of drug-likeness (QED) is 0.679. The molecule has 2 heteroatoms. The first-order valence-electron chi connectivity index (χ1n) is 7.62. The maximum absolute atomic E-state index is 5.95. The van der Waals surface area contributed by atoms with Crippen LogP contribution >= 0.6 is 0 Å². The van der Waals surface area contributed by atoms with Crippen molar-refractivity contribution in [2.24, 2.45) is 5.73 Å². The van der Waals surface area contributed by atoms with Crippen LogP contribution in [0.2, 0.25) is 0 Å². The van der Waals surface area contributed by atoms with Crippen molar-refractivity contribution in [3.05, 3.63) is 28.8 Å². The number of unbranched alkanes of at least 4 members (excludes halogenated alkanes) is 4. The third-order valence-electron chi connectivity index (χ3n) is 3.45. The van der Waals surface area contributed by atoms with Gasteiger partial charge in [-0.25, -0.2) is 0 Å². The summed E-state index contributed by atoms with van der Waals surface area (Å²) in [6.07, 6.45) is 7.33. The zero-order valence-electron chi connectivity index (χ0n) is 12.8. The normalized spacial score (nSPS) is 10.7. The minimum atomic E-state index is 0.705. The molecule has 0 bridgehead atoms. The Morgan fingerprint density at radius 3 is 2.21 bits per heavy atom. The molecule has 0 atom stereocenters. The molecular weight excluding hydrogens is 234 g/mol. The summed E-state index contributed by atoms with van der Waals surface area (Å²) in [5, 5.41) is 0. The molecule has 0 aromatic heterocycles. The van der Waals surface area contributed by atoms with E-state index in [-0.39, 0.29) is 0 Å². The molecule has 2 N–H and O–H groups in total. The van der Waals surface area contributed by atoms with Gasteiger partial charge in [0.2, 0.25) is 0 Å². The maximum atomic E-state index is 5.95. The van der Waals surface area contributed by atoms with Crippen molar-refractivity contribution < 1.29 is 4.74 Å². The van der Waals surface area contributed by atoms with E-state index in [0.717, 1.165) is 25.2 Å². The van der Waals surface area contributed by atoms with Gasteiger partial charge in [-0.05, 0) is 49.9 Å². The SMILES string of the molecule is CCCCCCCOc1c(C)cc(CCN)cc1C. The van der Waals surface area contributed by atoms with Crippen molar-refractivity contribution in [1.82, 2.24) is 0 Å². The van der Waals surface area contributed by atoms with Crippen LogP contribution in [0.1, 0.15) is 55.7 Å². The molecule has 0 spiro atoms. The second-order valence-electron chi connectivity index (χ2n) is 5.36. The highest BCUT2D eigenvalue weighted by molar-refractivity contribution is 5.43. The second kappa shape index (κ2) is 8.98. The number of aryl methyl sites for hydroxylation is 2. The number of hydrogen-bond acceptors (Lipinski definition) is 2. The largest absolute Gasteiger partial charge is 0.493 e. The minimum Gasteiger partial charge on any atom is -0.493 e. The summed E-state index contributed by atoms with van der Waals surface area (Å²) in [5.41, 5.74) is 9.39. The van der Waals surface area contributed by atoms with Crippen LogP contribution in [-0.4, -0.2) is 13.2 Å². The highest BCUT2D eigenvalue weighted by Crippen LogP contribution is 2.25. The molecule has 0 saturated carbocycles. The Kier molecular flexibility index (Phi) is 7.57. The van der Waals surface area contributed by atoms with Crippen LogP contribution in [0.15, 0.2) is 12.1 Å². The Morgan fingerprint density at radius 1 is 1.00 bits per heavy atom. The second-order valence-corrected chi connectivity index (χ2v) is 5.36. The summed E-state index contributed by atoms with van der Waals surface area (Å²) in [6.45, 7) is 8.03. The lowest BCUT2D eigenvalue weighted by Crippen LogP contribution is -2.05. The van der Waals surface area contributed by atoms with Gasteiger partial charge in [0.25, 0.3) is 0 Å². The predicted octanol–water partition coefficient (Wildman–Crippen LogP) is 4.15. The molecule has 0 aliphatic heterocycles. The molecule has 0 amide bonds. The third-order valence-corrected chi connectivity index (χ3v) is 3.45. The smallest absolute Gasteiger partial charge is 0.125 e. The fourth-order valence-electron chi connectivity index (χ4n) is 2.46. The fraction of sp³-hybridized carbons (Fsp3) is 0.647. The Labute approximate surface area is 118 Å². The molecule has 108 valence electrons. The minimum absolute atomic E-state index is 0.705. The summed E-state index contributed by atoms with van der Waals surface area (Å²) in [6, 6.07) is 4.40. The van der Waals surface area contributed by atoms with E-state index in [2.05, 4.69) is 32.9 Å². The molecule has 0 aliphatic carbocycles. The van der Waals surface area contributed by atoms with Gasteiger partial charge >= 0.3 is 0 Å². The number of ether oxygens (including phenoxy) is 1. The molecule has 0 aliphatic rings. The fourth-order valence-corrected chi connectivity index (χ4v) is 2.46. The van der Waals surface area contributed by atoms with Gasteiger partial charge in [-0.15, -0.1) is 0 Å². The number of rotatable bonds is 9. The molecule has 0 saturated heterocycles. The molecule has 0 fully saturated rings. The predicted molar refractivity (Wildman–Crippen MR) is 82.9 cm³/mol. The van der Waals surface area contributed by atoms with Crippen molar-refractivity contribution in [2.75, 3.05) is 13.2 Å². The summed E-state index contributed by atoms with van der Waals surface area (Å²) < 4.78 is 5.95. The zero-order valence-corrected chi connectivity index (χ0v) is 12.8. The van der Waals surface area contributed by atoms with Crippen molar-refractivity contribution in [1.29, 1.82) is 0 Å². The van der Waals surface area contributed by atoms with Crippen molar-refractivity contribution in [3.63, 3.8) is 0 Å². The molecule has 0 heterocycles. The first-order chi connectivity index (χ1) is 9.19. The topological polar surface area (TPSA) is 35.2 Å². The van der Waals surface area contributed by atoms with E-state index in [9.17, 15) is 0 Å². The van der Waals surface area contributed by atoms with E-state index in [1.807, 2.05) is 0 Å². The van der Waals surface area contributed by atoms with Gasteiger partial charge in [0.15, 0.2) is 0 Å². The molecule has 1 aromatic carbocycles.